The lowest BCUT2D eigenvalue weighted by molar-refractivity contribution is -0.138. The molecule has 5 heteroatoms. The van der Waals surface area contributed by atoms with Gasteiger partial charge >= 0.3 is 0 Å². The fourth-order valence-corrected chi connectivity index (χ4v) is 3.20. The molecule has 2 fully saturated rings. The summed E-state index contributed by atoms with van der Waals surface area (Å²) in [5, 5.41) is 12.5. The summed E-state index contributed by atoms with van der Waals surface area (Å²) in [4.78, 5) is 13.5. The molecule has 0 aromatic heterocycles. The van der Waals surface area contributed by atoms with E-state index in [9.17, 15) is 4.79 Å². The quantitative estimate of drug-likeness (QED) is 0.661. The van der Waals surface area contributed by atoms with Crippen LogP contribution in [0.15, 0.2) is 0 Å². The smallest absolute Gasteiger partial charge is 0.225 e. The predicted octanol–water partition coefficient (Wildman–Crippen LogP) is -0.368. The van der Waals surface area contributed by atoms with E-state index >= 15 is 0 Å². The second-order valence-corrected chi connectivity index (χ2v) is 5.55. The Kier molecular flexibility index (Phi) is 2.72. The van der Waals surface area contributed by atoms with Crippen LogP contribution in [-0.2, 0) is 4.79 Å². The van der Waals surface area contributed by atoms with E-state index in [2.05, 4.69) is 5.32 Å². The highest BCUT2D eigenvalue weighted by Crippen LogP contribution is 2.36. The Morgan fingerprint density at radius 3 is 2.93 bits per heavy atom. The molecular formula is C9H16N2O2S. The largest absolute Gasteiger partial charge is 0.393 e. The van der Waals surface area contributed by atoms with Gasteiger partial charge in [-0.25, -0.2) is 0 Å². The van der Waals surface area contributed by atoms with Gasteiger partial charge in [-0.1, -0.05) is 0 Å². The molecular weight excluding hydrogens is 200 g/mol. The molecule has 4 nitrogen and oxygen atoms in total. The van der Waals surface area contributed by atoms with E-state index < -0.39 is 6.10 Å². The Morgan fingerprint density at radius 2 is 2.43 bits per heavy atom. The first-order chi connectivity index (χ1) is 6.61. The molecule has 1 spiro atoms. The second kappa shape index (κ2) is 3.72. The number of carbonyl (C=O) groups excluding carboxylic acids is 1. The monoisotopic (exact) mass is 216 g/mol. The normalized spacial score (nSPS) is 26.3. The summed E-state index contributed by atoms with van der Waals surface area (Å²) < 4.78 is 0. The van der Waals surface area contributed by atoms with Crippen molar-refractivity contribution in [2.45, 2.75) is 24.3 Å². The zero-order valence-corrected chi connectivity index (χ0v) is 9.14. The van der Waals surface area contributed by atoms with Crippen LogP contribution < -0.4 is 5.32 Å². The summed E-state index contributed by atoms with van der Waals surface area (Å²) in [5.74, 6) is 1.21. The minimum absolute atomic E-state index is 0.0694. The summed E-state index contributed by atoms with van der Waals surface area (Å²) >= 11 is 1.90. The van der Waals surface area contributed by atoms with Crippen LogP contribution in [0.5, 0.6) is 0 Å². The number of aliphatic hydroxyl groups excluding tert-OH is 1. The number of nitrogens with one attached hydrogen (secondary N) is 1. The third-order valence-electron chi connectivity index (χ3n) is 2.64. The van der Waals surface area contributed by atoms with Gasteiger partial charge in [0.1, 0.15) is 4.87 Å². The van der Waals surface area contributed by atoms with Crippen LogP contribution in [0.2, 0.25) is 0 Å². The van der Waals surface area contributed by atoms with Gasteiger partial charge in [-0.15, -0.1) is 11.8 Å². The average Bonchev–Trinajstić information content (AvgIpc) is 2.47. The van der Waals surface area contributed by atoms with Crippen molar-refractivity contribution in [3.05, 3.63) is 0 Å². The summed E-state index contributed by atoms with van der Waals surface area (Å²) in [7, 11) is 0. The molecule has 0 aromatic rings. The van der Waals surface area contributed by atoms with Crippen LogP contribution in [0.1, 0.15) is 13.3 Å². The maximum atomic E-state index is 11.5. The zero-order valence-electron chi connectivity index (χ0n) is 8.32. The highest BCUT2D eigenvalue weighted by Gasteiger charge is 2.47. The number of rotatable bonds is 2. The van der Waals surface area contributed by atoms with Gasteiger partial charge < -0.3 is 10.0 Å². The van der Waals surface area contributed by atoms with Crippen molar-refractivity contribution in [2.24, 2.45) is 0 Å². The first-order valence-electron chi connectivity index (χ1n) is 4.96. The first kappa shape index (κ1) is 10.3. The van der Waals surface area contributed by atoms with Crippen molar-refractivity contribution in [2.75, 3.05) is 25.4 Å². The topological polar surface area (TPSA) is 52.6 Å². The van der Waals surface area contributed by atoms with Crippen molar-refractivity contribution >= 4 is 17.7 Å². The molecule has 2 N–H and O–H groups in total. The molecule has 1 atom stereocenters. The number of thioether (sulfide) groups is 1. The Labute approximate surface area is 88.0 Å². The molecule has 0 unspecified atom stereocenters. The summed E-state index contributed by atoms with van der Waals surface area (Å²) in [6.45, 7) is 4.28. The minimum Gasteiger partial charge on any atom is -0.393 e. The lowest BCUT2D eigenvalue weighted by Crippen LogP contribution is -2.66. The molecule has 2 rings (SSSR count). The van der Waals surface area contributed by atoms with Gasteiger partial charge in [0.2, 0.25) is 5.91 Å². The van der Waals surface area contributed by atoms with Crippen LogP contribution in [0.3, 0.4) is 0 Å². The Bertz CT molecular complexity index is 231. The van der Waals surface area contributed by atoms with Gasteiger partial charge in [0.25, 0.3) is 0 Å². The number of likely N-dealkylation sites (tertiary alicyclic amines) is 1. The number of carbonyl (C=O) groups is 1. The Morgan fingerprint density at radius 1 is 1.71 bits per heavy atom. The number of aliphatic hydroxyl groups is 1. The van der Waals surface area contributed by atoms with Gasteiger partial charge in [0.15, 0.2) is 0 Å². The maximum Gasteiger partial charge on any atom is 0.225 e. The summed E-state index contributed by atoms with van der Waals surface area (Å²) in [6, 6.07) is 0. The fourth-order valence-electron chi connectivity index (χ4n) is 1.91. The molecule has 2 aliphatic heterocycles. The van der Waals surface area contributed by atoms with Crippen molar-refractivity contribution in [3.63, 3.8) is 0 Å². The van der Waals surface area contributed by atoms with Crippen molar-refractivity contribution in [1.29, 1.82) is 0 Å². The van der Waals surface area contributed by atoms with Crippen LogP contribution in [0, 0.1) is 0 Å². The van der Waals surface area contributed by atoms with Gasteiger partial charge in [-0.05, 0) is 6.92 Å². The molecule has 0 radical (unpaired) electrons. The molecule has 0 saturated carbocycles. The standard InChI is InChI=1S/C9H16N2O2S/c1-7(12)4-8(13)11-5-9(6-11)10-2-3-14-9/h7,10,12H,2-6H2,1H3/t7-/m1/s1. The molecule has 0 bridgehead atoms. The van der Waals surface area contributed by atoms with E-state index in [0.717, 1.165) is 25.4 Å². The number of hydrogen-bond acceptors (Lipinski definition) is 4. The fraction of sp³-hybridized carbons (Fsp3) is 0.889. The van der Waals surface area contributed by atoms with E-state index in [1.54, 1.807) is 6.92 Å². The van der Waals surface area contributed by atoms with Crippen LogP contribution in [-0.4, -0.2) is 52.3 Å². The molecule has 2 heterocycles. The van der Waals surface area contributed by atoms with Gasteiger partial charge in [-0.2, -0.15) is 0 Å². The highest BCUT2D eigenvalue weighted by molar-refractivity contribution is 8.01. The van der Waals surface area contributed by atoms with Crippen LogP contribution in [0.4, 0.5) is 0 Å². The molecule has 2 aliphatic rings. The van der Waals surface area contributed by atoms with E-state index in [-0.39, 0.29) is 17.2 Å². The van der Waals surface area contributed by atoms with Gasteiger partial charge in [0, 0.05) is 12.3 Å². The lowest BCUT2D eigenvalue weighted by atomic mass is 10.1. The number of amides is 1. The number of nitrogens with zero attached hydrogens (tertiary/aromatic N) is 1. The highest BCUT2D eigenvalue weighted by atomic mass is 32.2. The molecule has 0 aliphatic carbocycles. The SMILES string of the molecule is C[C@@H](O)CC(=O)N1CC2(C1)NCCS2. The Hall–Kier alpha value is -0.260. The third kappa shape index (κ3) is 1.89. The van der Waals surface area contributed by atoms with E-state index in [1.165, 1.54) is 0 Å². The molecule has 14 heavy (non-hydrogen) atoms. The predicted molar refractivity (Wildman–Crippen MR) is 56.1 cm³/mol. The lowest BCUT2D eigenvalue weighted by Gasteiger charge is -2.47. The number of hydrogen-bond donors (Lipinski definition) is 2. The van der Waals surface area contributed by atoms with Gasteiger partial charge in [0.05, 0.1) is 25.6 Å². The Balaban J connectivity index is 1.79. The second-order valence-electron chi connectivity index (χ2n) is 4.07. The van der Waals surface area contributed by atoms with Gasteiger partial charge in [-0.3, -0.25) is 10.1 Å². The van der Waals surface area contributed by atoms with Crippen molar-refractivity contribution < 1.29 is 9.90 Å². The van der Waals surface area contributed by atoms with E-state index in [1.807, 2.05) is 16.7 Å². The molecule has 1 amide bonds. The maximum absolute atomic E-state index is 11.5. The van der Waals surface area contributed by atoms with E-state index in [0.29, 0.717) is 0 Å². The van der Waals surface area contributed by atoms with Crippen molar-refractivity contribution in [3.8, 4) is 0 Å². The average molecular weight is 216 g/mol. The first-order valence-corrected chi connectivity index (χ1v) is 5.95. The van der Waals surface area contributed by atoms with E-state index in [4.69, 9.17) is 5.11 Å². The summed E-state index contributed by atoms with van der Waals surface area (Å²) in [6.07, 6.45) is -0.274. The summed E-state index contributed by atoms with van der Waals surface area (Å²) in [5.41, 5.74) is 0. The van der Waals surface area contributed by atoms with Crippen molar-refractivity contribution in [1.82, 2.24) is 10.2 Å². The molecule has 2 saturated heterocycles. The third-order valence-corrected chi connectivity index (χ3v) is 4.01. The van der Waals surface area contributed by atoms with Crippen LogP contribution >= 0.6 is 11.8 Å². The zero-order chi connectivity index (χ0) is 10.2. The van der Waals surface area contributed by atoms with Crippen LogP contribution in [0.25, 0.3) is 0 Å². The minimum atomic E-state index is -0.525. The molecule has 0 aromatic carbocycles. The molecule has 80 valence electrons.